The molecule has 0 heterocycles. The van der Waals surface area contributed by atoms with Gasteiger partial charge < -0.3 is 9.84 Å². The zero-order chi connectivity index (χ0) is 16.0. The number of ketones is 1. The molecule has 1 aromatic rings. The molecule has 0 aliphatic rings. The first-order valence-corrected chi connectivity index (χ1v) is 7.58. The first-order valence-electron chi connectivity index (χ1n) is 7.58. The third kappa shape index (κ3) is 5.98. The van der Waals surface area contributed by atoms with Gasteiger partial charge in [0.2, 0.25) is 0 Å². The molecular formula is C18H28O3. The SMILES string of the molecule is CC(C)[C@@H](OCc1ccccc1)[C@@H](O)CC(=O)C(C)(C)C. The third-order valence-electron chi connectivity index (χ3n) is 3.55. The highest BCUT2D eigenvalue weighted by molar-refractivity contribution is 5.84. The Morgan fingerprint density at radius 2 is 1.76 bits per heavy atom. The van der Waals surface area contributed by atoms with Crippen LogP contribution in [0.1, 0.15) is 46.6 Å². The van der Waals surface area contributed by atoms with Crippen LogP contribution in [0.15, 0.2) is 30.3 Å². The molecule has 1 rings (SSSR count). The quantitative estimate of drug-likeness (QED) is 0.835. The van der Waals surface area contributed by atoms with Crippen LogP contribution >= 0.6 is 0 Å². The number of ether oxygens (including phenoxy) is 1. The molecule has 0 unspecified atom stereocenters. The number of hydrogen-bond donors (Lipinski definition) is 1. The predicted molar refractivity (Wildman–Crippen MR) is 84.9 cm³/mol. The maximum atomic E-state index is 12.1. The van der Waals surface area contributed by atoms with Gasteiger partial charge in [0.1, 0.15) is 5.78 Å². The summed E-state index contributed by atoms with van der Waals surface area (Å²) in [7, 11) is 0. The van der Waals surface area contributed by atoms with E-state index >= 15 is 0 Å². The fourth-order valence-corrected chi connectivity index (χ4v) is 2.13. The van der Waals surface area contributed by atoms with Crippen molar-refractivity contribution in [1.29, 1.82) is 0 Å². The average molecular weight is 292 g/mol. The van der Waals surface area contributed by atoms with Crippen LogP contribution in [0.2, 0.25) is 0 Å². The van der Waals surface area contributed by atoms with Crippen molar-refractivity contribution in [2.45, 2.75) is 59.9 Å². The van der Waals surface area contributed by atoms with Gasteiger partial charge in [0.25, 0.3) is 0 Å². The highest BCUT2D eigenvalue weighted by Crippen LogP contribution is 2.22. The van der Waals surface area contributed by atoms with E-state index in [2.05, 4.69) is 0 Å². The van der Waals surface area contributed by atoms with Gasteiger partial charge in [-0.2, -0.15) is 0 Å². The van der Waals surface area contributed by atoms with Gasteiger partial charge in [-0.05, 0) is 11.5 Å². The number of Topliss-reactive ketones (excluding diaryl/α,β-unsaturated/α-hetero) is 1. The largest absolute Gasteiger partial charge is 0.390 e. The third-order valence-corrected chi connectivity index (χ3v) is 3.55. The lowest BCUT2D eigenvalue weighted by Gasteiger charge is -2.28. The Morgan fingerprint density at radius 1 is 1.19 bits per heavy atom. The number of carbonyl (C=O) groups excluding carboxylic acids is 1. The second-order valence-electron chi connectivity index (χ2n) is 6.95. The maximum Gasteiger partial charge on any atom is 0.140 e. The molecule has 0 saturated heterocycles. The average Bonchev–Trinajstić information content (AvgIpc) is 2.38. The molecule has 0 radical (unpaired) electrons. The first-order chi connectivity index (χ1) is 9.71. The summed E-state index contributed by atoms with van der Waals surface area (Å²) in [6.07, 6.45) is -0.960. The molecule has 1 N–H and O–H groups in total. The van der Waals surface area contributed by atoms with E-state index in [1.807, 2.05) is 65.0 Å². The van der Waals surface area contributed by atoms with Gasteiger partial charge in [-0.25, -0.2) is 0 Å². The summed E-state index contributed by atoms with van der Waals surface area (Å²) in [5.74, 6) is 0.209. The summed E-state index contributed by atoms with van der Waals surface area (Å²) in [5.41, 5.74) is 0.638. The van der Waals surface area contributed by atoms with Crippen molar-refractivity contribution in [1.82, 2.24) is 0 Å². The fraction of sp³-hybridized carbons (Fsp3) is 0.611. The highest BCUT2D eigenvalue weighted by atomic mass is 16.5. The molecule has 3 nitrogen and oxygen atoms in total. The van der Waals surface area contributed by atoms with Crippen LogP contribution in [0.3, 0.4) is 0 Å². The minimum atomic E-state index is -0.763. The molecule has 0 aromatic heterocycles. The zero-order valence-corrected chi connectivity index (χ0v) is 13.8. The van der Waals surface area contributed by atoms with Crippen LogP contribution in [0, 0.1) is 11.3 Å². The maximum absolute atomic E-state index is 12.1. The van der Waals surface area contributed by atoms with E-state index in [0.717, 1.165) is 5.56 Å². The van der Waals surface area contributed by atoms with Gasteiger partial charge in [-0.3, -0.25) is 4.79 Å². The van der Waals surface area contributed by atoms with Gasteiger partial charge in [-0.1, -0.05) is 65.0 Å². The van der Waals surface area contributed by atoms with E-state index in [9.17, 15) is 9.90 Å². The number of rotatable bonds is 7. The normalized spacial score (nSPS) is 15.0. The molecule has 0 aliphatic carbocycles. The Labute approximate surface area is 128 Å². The predicted octanol–water partition coefficient (Wildman–Crippen LogP) is 3.59. The van der Waals surface area contributed by atoms with E-state index in [1.54, 1.807) is 0 Å². The molecule has 3 heteroatoms. The summed E-state index contributed by atoms with van der Waals surface area (Å²) < 4.78 is 5.86. The van der Waals surface area contributed by atoms with E-state index in [4.69, 9.17) is 4.74 Å². The number of aliphatic hydroxyl groups is 1. The van der Waals surface area contributed by atoms with Gasteiger partial charge in [0, 0.05) is 11.8 Å². The Hall–Kier alpha value is -1.19. The van der Waals surface area contributed by atoms with Crippen LogP contribution in [0.5, 0.6) is 0 Å². The number of aliphatic hydroxyl groups excluding tert-OH is 1. The lowest BCUT2D eigenvalue weighted by molar-refractivity contribution is -0.133. The smallest absolute Gasteiger partial charge is 0.140 e. The Morgan fingerprint density at radius 3 is 2.24 bits per heavy atom. The number of carbonyl (C=O) groups is 1. The molecule has 0 amide bonds. The summed E-state index contributed by atoms with van der Waals surface area (Å²) in [6.45, 7) is 10.1. The van der Waals surface area contributed by atoms with E-state index in [-0.39, 0.29) is 24.2 Å². The van der Waals surface area contributed by atoms with Crippen LogP contribution in [-0.4, -0.2) is 23.1 Å². The van der Waals surface area contributed by atoms with Crippen LogP contribution < -0.4 is 0 Å². The second kappa shape index (κ2) is 7.71. The van der Waals surface area contributed by atoms with E-state index < -0.39 is 11.5 Å². The fourth-order valence-electron chi connectivity index (χ4n) is 2.13. The van der Waals surface area contributed by atoms with Gasteiger partial charge >= 0.3 is 0 Å². The Balaban J connectivity index is 2.62. The van der Waals surface area contributed by atoms with Crippen LogP contribution in [-0.2, 0) is 16.1 Å². The minimum Gasteiger partial charge on any atom is -0.390 e. The molecule has 21 heavy (non-hydrogen) atoms. The molecule has 0 spiro atoms. The van der Waals surface area contributed by atoms with Crippen LogP contribution in [0.4, 0.5) is 0 Å². The molecule has 0 fully saturated rings. The monoisotopic (exact) mass is 292 g/mol. The van der Waals surface area contributed by atoms with Gasteiger partial charge in [0.05, 0.1) is 18.8 Å². The Bertz CT molecular complexity index is 432. The molecular weight excluding hydrogens is 264 g/mol. The minimum absolute atomic E-state index is 0.0592. The van der Waals surface area contributed by atoms with Crippen molar-refractivity contribution in [3.8, 4) is 0 Å². The molecule has 0 aliphatic heterocycles. The summed E-state index contributed by atoms with van der Waals surface area (Å²) in [4.78, 5) is 12.1. The van der Waals surface area contributed by atoms with Crippen molar-refractivity contribution in [3.05, 3.63) is 35.9 Å². The van der Waals surface area contributed by atoms with Crippen LogP contribution in [0.25, 0.3) is 0 Å². The summed E-state index contributed by atoms with van der Waals surface area (Å²) >= 11 is 0. The zero-order valence-electron chi connectivity index (χ0n) is 13.8. The molecule has 0 bridgehead atoms. The van der Waals surface area contributed by atoms with Crippen molar-refractivity contribution in [3.63, 3.8) is 0 Å². The van der Waals surface area contributed by atoms with E-state index in [0.29, 0.717) is 6.61 Å². The van der Waals surface area contributed by atoms with Gasteiger partial charge in [0.15, 0.2) is 0 Å². The number of hydrogen-bond acceptors (Lipinski definition) is 3. The lowest BCUT2D eigenvalue weighted by atomic mass is 9.85. The van der Waals surface area contributed by atoms with Crippen molar-refractivity contribution >= 4 is 5.78 Å². The van der Waals surface area contributed by atoms with Gasteiger partial charge in [-0.15, -0.1) is 0 Å². The second-order valence-corrected chi connectivity index (χ2v) is 6.95. The topological polar surface area (TPSA) is 46.5 Å². The number of benzene rings is 1. The summed E-state index contributed by atoms with van der Waals surface area (Å²) in [5, 5.41) is 10.3. The molecule has 118 valence electrons. The first kappa shape index (κ1) is 17.9. The van der Waals surface area contributed by atoms with Crippen molar-refractivity contribution < 1.29 is 14.6 Å². The Kier molecular flexibility index (Phi) is 6.56. The molecule has 0 saturated carbocycles. The standard InChI is InChI=1S/C18H28O3/c1-13(2)17(15(19)11-16(20)18(3,4)5)21-12-14-9-7-6-8-10-14/h6-10,13,15,17,19H,11-12H2,1-5H3/t15-,17+/m0/s1. The highest BCUT2D eigenvalue weighted by Gasteiger charge is 2.30. The molecule has 1 aromatic carbocycles. The summed E-state index contributed by atoms with van der Waals surface area (Å²) in [6, 6.07) is 9.86. The van der Waals surface area contributed by atoms with Crippen molar-refractivity contribution in [2.75, 3.05) is 0 Å². The van der Waals surface area contributed by atoms with Crippen molar-refractivity contribution in [2.24, 2.45) is 11.3 Å². The van der Waals surface area contributed by atoms with E-state index in [1.165, 1.54) is 0 Å². The molecule has 2 atom stereocenters. The lowest BCUT2D eigenvalue weighted by Crippen LogP contribution is -2.37.